The van der Waals surface area contributed by atoms with Crippen molar-refractivity contribution in [3.63, 3.8) is 0 Å². The molecule has 8 nitrogen and oxygen atoms in total. The molecule has 140 valence electrons. The number of hydrogen-bond donors (Lipinski definition) is 2. The second-order valence-corrected chi connectivity index (χ2v) is 7.37. The lowest BCUT2D eigenvalue weighted by molar-refractivity contribution is -0.118. The molecule has 2 fully saturated rings. The Hall–Kier alpha value is -2.19. The Morgan fingerprint density at radius 2 is 2.27 bits per heavy atom. The van der Waals surface area contributed by atoms with E-state index in [1.165, 1.54) is 12.8 Å². The summed E-state index contributed by atoms with van der Waals surface area (Å²) in [7, 11) is 1.99. The van der Waals surface area contributed by atoms with E-state index in [4.69, 9.17) is 0 Å². The largest absolute Gasteiger partial charge is 0.337 e. The molecule has 26 heavy (non-hydrogen) atoms. The highest BCUT2D eigenvalue weighted by Crippen LogP contribution is 2.40. The van der Waals surface area contributed by atoms with E-state index >= 15 is 0 Å². The molecular formula is C18H27N7O. The van der Waals surface area contributed by atoms with Crippen molar-refractivity contribution in [2.75, 3.05) is 31.5 Å². The molecule has 0 bridgehead atoms. The molecule has 2 unspecified atom stereocenters. The minimum absolute atomic E-state index is 0.00384. The Labute approximate surface area is 153 Å². The lowest BCUT2D eigenvalue weighted by atomic mass is 10.1. The zero-order chi connectivity index (χ0) is 18.1. The number of imidazole rings is 1. The maximum Gasteiger partial charge on any atom is 0.239 e. The van der Waals surface area contributed by atoms with Gasteiger partial charge in [0.25, 0.3) is 0 Å². The van der Waals surface area contributed by atoms with Crippen molar-refractivity contribution in [3.05, 3.63) is 30.5 Å². The smallest absolute Gasteiger partial charge is 0.239 e. The van der Waals surface area contributed by atoms with Crippen LogP contribution in [0.5, 0.6) is 0 Å². The van der Waals surface area contributed by atoms with E-state index in [0.29, 0.717) is 18.5 Å². The van der Waals surface area contributed by atoms with Gasteiger partial charge in [-0.25, -0.2) is 9.67 Å². The monoisotopic (exact) mass is 357 g/mol. The van der Waals surface area contributed by atoms with Crippen LogP contribution >= 0.6 is 0 Å². The van der Waals surface area contributed by atoms with Crippen LogP contribution in [0.1, 0.15) is 37.7 Å². The quantitative estimate of drug-likeness (QED) is 0.811. The number of aryl methyl sites for hydroxylation is 1. The molecule has 1 aliphatic heterocycles. The van der Waals surface area contributed by atoms with Crippen LogP contribution in [0.4, 0.5) is 5.82 Å². The fourth-order valence-corrected chi connectivity index (χ4v) is 3.77. The van der Waals surface area contributed by atoms with Crippen molar-refractivity contribution in [3.8, 4) is 0 Å². The molecular weight excluding hydrogens is 330 g/mol. The van der Waals surface area contributed by atoms with Gasteiger partial charge in [0.2, 0.25) is 5.91 Å². The summed E-state index contributed by atoms with van der Waals surface area (Å²) < 4.78 is 3.97. The summed E-state index contributed by atoms with van der Waals surface area (Å²) in [6, 6.07) is 2.31. The first kappa shape index (κ1) is 17.2. The highest BCUT2D eigenvalue weighted by molar-refractivity contribution is 5.91. The minimum atomic E-state index is -0.00384. The highest BCUT2D eigenvalue weighted by Gasteiger charge is 2.31. The standard InChI is InChI=1S/C18H27N7O/c1-13(14-3-4-14)25-16(5-6-21-25)22-17(26)12-24-10-7-19-11-15(24)18-20-8-9-23(18)2/h5-6,8-9,13-15,19H,3-4,7,10-12H2,1-2H3,(H,22,26). The van der Waals surface area contributed by atoms with Crippen molar-refractivity contribution >= 4 is 11.7 Å². The highest BCUT2D eigenvalue weighted by atomic mass is 16.2. The third-order valence-corrected chi connectivity index (χ3v) is 5.49. The molecule has 0 radical (unpaired) electrons. The molecule has 8 heteroatoms. The summed E-state index contributed by atoms with van der Waals surface area (Å²) in [5, 5.41) is 10.9. The second-order valence-electron chi connectivity index (χ2n) is 7.37. The van der Waals surface area contributed by atoms with Crippen molar-refractivity contribution < 1.29 is 4.79 Å². The lowest BCUT2D eigenvalue weighted by Gasteiger charge is -2.35. The minimum Gasteiger partial charge on any atom is -0.337 e. The number of carbonyl (C=O) groups excluding carboxylic acids is 1. The van der Waals surface area contributed by atoms with Crippen molar-refractivity contribution in [1.29, 1.82) is 0 Å². The molecule has 1 amide bonds. The van der Waals surface area contributed by atoms with Gasteiger partial charge in [0.05, 0.1) is 24.8 Å². The van der Waals surface area contributed by atoms with Gasteiger partial charge < -0.3 is 15.2 Å². The van der Waals surface area contributed by atoms with Gasteiger partial charge in [0.1, 0.15) is 11.6 Å². The van der Waals surface area contributed by atoms with Crippen molar-refractivity contribution in [2.45, 2.75) is 31.8 Å². The van der Waals surface area contributed by atoms with Crippen LogP contribution < -0.4 is 10.6 Å². The third-order valence-electron chi connectivity index (χ3n) is 5.49. The maximum absolute atomic E-state index is 12.7. The van der Waals surface area contributed by atoms with E-state index in [2.05, 4.69) is 32.5 Å². The summed E-state index contributed by atoms with van der Waals surface area (Å²) in [6.07, 6.45) is 8.01. The molecule has 1 saturated heterocycles. The molecule has 1 saturated carbocycles. The first-order chi connectivity index (χ1) is 12.6. The Balaban J connectivity index is 1.42. The molecule has 2 N–H and O–H groups in total. The van der Waals surface area contributed by atoms with Gasteiger partial charge in [-0.05, 0) is 25.7 Å². The van der Waals surface area contributed by atoms with Crippen LogP contribution in [-0.2, 0) is 11.8 Å². The SMILES string of the molecule is CC(C1CC1)n1nccc1NC(=O)CN1CCNCC1c1nccn1C. The molecule has 4 rings (SSSR count). The number of hydrogen-bond acceptors (Lipinski definition) is 5. The van der Waals surface area contributed by atoms with E-state index in [1.807, 2.05) is 28.6 Å². The van der Waals surface area contributed by atoms with Gasteiger partial charge in [-0.15, -0.1) is 0 Å². The van der Waals surface area contributed by atoms with Gasteiger partial charge in [-0.2, -0.15) is 5.10 Å². The molecule has 2 atom stereocenters. The van der Waals surface area contributed by atoms with Gasteiger partial charge in [-0.1, -0.05) is 0 Å². The van der Waals surface area contributed by atoms with Crippen LogP contribution in [0.25, 0.3) is 0 Å². The second kappa shape index (κ2) is 7.20. The van der Waals surface area contributed by atoms with Crippen LogP contribution in [0.15, 0.2) is 24.7 Å². The Bertz CT molecular complexity index is 763. The number of anilines is 1. The molecule has 2 aromatic rings. The van der Waals surface area contributed by atoms with Gasteiger partial charge in [-0.3, -0.25) is 9.69 Å². The van der Waals surface area contributed by atoms with Gasteiger partial charge in [0, 0.05) is 45.1 Å². The molecule has 1 aliphatic carbocycles. The lowest BCUT2D eigenvalue weighted by Crippen LogP contribution is -2.49. The predicted octanol–water partition coefficient (Wildman–Crippen LogP) is 1.17. The summed E-state index contributed by atoms with van der Waals surface area (Å²) in [5.41, 5.74) is 0. The molecule has 3 heterocycles. The number of piperazine rings is 1. The topological polar surface area (TPSA) is 80.0 Å². The molecule has 2 aromatic heterocycles. The normalized spacial score (nSPS) is 22.3. The predicted molar refractivity (Wildman–Crippen MR) is 98.7 cm³/mol. The molecule has 0 spiro atoms. The van der Waals surface area contributed by atoms with Crippen molar-refractivity contribution in [2.24, 2.45) is 13.0 Å². The van der Waals surface area contributed by atoms with Crippen LogP contribution in [-0.4, -0.2) is 56.3 Å². The average Bonchev–Trinajstić information content (AvgIpc) is 3.24. The molecule has 2 aliphatic rings. The Morgan fingerprint density at radius 3 is 3.00 bits per heavy atom. The van der Waals surface area contributed by atoms with E-state index < -0.39 is 0 Å². The third kappa shape index (κ3) is 3.52. The maximum atomic E-state index is 12.7. The van der Waals surface area contributed by atoms with Gasteiger partial charge in [0.15, 0.2) is 0 Å². The summed E-state index contributed by atoms with van der Waals surface area (Å²) in [4.78, 5) is 19.4. The summed E-state index contributed by atoms with van der Waals surface area (Å²) in [5.74, 6) is 2.46. The number of amides is 1. The van der Waals surface area contributed by atoms with Gasteiger partial charge >= 0.3 is 0 Å². The fraction of sp³-hybridized carbons (Fsp3) is 0.611. The summed E-state index contributed by atoms with van der Waals surface area (Å²) in [6.45, 7) is 5.03. The number of nitrogens with one attached hydrogen (secondary N) is 2. The van der Waals surface area contributed by atoms with Crippen molar-refractivity contribution in [1.82, 2.24) is 29.5 Å². The molecule has 0 aromatic carbocycles. The van der Waals surface area contributed by atoms with E-state index in [1.54, 1.807) is 12.4 Å². The van der Waals surface area contributed by atoms with Crippen LogP contribution in [0.2, 0.25) is 0 Å². The Morgan fingerprint density at radius 1 is 1.42 bits per heavy atom. The first-order valence-electron chi connectivity index (χ1n) is 9.39. The zero-order valence-electron chi connectivity index (χ0n) is 15.4. The van der Waals surface area contributed by atoms with Crippen LogP contribution in [0.3, 0.4) is 0 Å². The van der Waals surface area contributed by atoms with E-state index in [0.717, 1.165) is 31.3 Å². The van der Waals surface area contributed by atoms with E-state index in [9.17, 15) is 4.79 Å². The Kier molecular flexibility index (Phi) is 4.78. The average molecular weight is 357 g/mol. The number of carbonyl (C=O) groups is 1. The summed E-state index contributed by atoms with van der Waals surface area (Å²) >= 11 is 0. The first-order valence-corrected chi connectivity index (χ1v) is 9.39. The number of aromatic nitrogens is 4. The fourth-order valence-electron chi connectivity index (χ4n) is 3.77. The van der Waals surface area contributed by atoms with E-state index in [-0.39, 0.29) is 11.9 Å². The van der Waals surface area contributed by atoms with Crippen LogP contribution in [0, 0.1) is 5.92 Å². The number of rotatable bonds is 6. The zero-order valence-corrected chi connectivity index (χ0v) is 15.4. The number of nitrogens with zero attached hydrogens (tertiary/aromatic N) is 5.